The third-order valence-electron chi connectivity index (χ3n) is 6.21. The summed E-state index contributed by atoms with van der Waals surface area (Å²) in [6.07, 6.45) is 6.06. The van der Waals surface area contributed by atoms with Gasteiger partial charge in [-0.3, -0.25) is 0 Å². The highest BCUT2D eigenvalue weighted by Crippen LogP contribution is 2.41. The lowest BCUT2D eigenvalue weighted by molar-refractivity contribution is -0.686. The minimum Gasteiger partial charge on any atom is -1.00 e. The first-order chi connectivity index (χ1) is 16.7. The Morgan fingerprint density at radius 1 is 1.03 bits per heavy atom. The normalized spacial score (nSPS) is 13.2. The molecule has 0 unspecified atom stereocenters. The molecule has 2 aliphatic rings. The number of hydrogen-bond acceptors (Lipinski definition) is 5. The van der Waals surface area contributed by atoms with Crippen molar-refractivity contribution in [3.8, 4) is 34.3 Å². The smallest absolute Gasteiger partial charge is 0.336 e. The monoisotopic (exact) mass is 487 g/mol. The molecule has 0 spiro atoms. The standard InChI is InChI=1S/C28H22NO5.ClH/c1-31-24-9-8-19-13-23-21-15-26-25(32-17-33-26)14-20(21)11-12-29(23)16-22(19)28(24)34-27(30)10-7-18-5-3-2-4-6-18;/h2-10,13-16H,11-12,17H2,1H3;1H/q+1;/p-1/b10-7+;. The summed E-state index contributed by atoms with van der Waals surface area (Å²) in [6.45, 7) is 1.06. The van der Waals surface area contributed by atoms with E-state index in [2.05, 4.69) is 16.7 Å². The van der Waals surface area contributed by atoms with Gasteiger partial charge in [0.15, 0.2) is 35.7 Å². The zero-order valence-corrected chi connectivity index (χ0v) is 19.7. The number of carbonyl (C=O) groups is 1. The van der Waals surface area contributed by atoms with Gasteiger partial charge in [0.2, 0.25) is 12.5 Å². The Hall–Kier alpha value is -4.03. The van der Waals surface area contributed by atoms with Crippen LogP contribution in [0.5, 0.6) is 23.0 Å². The number of methoxy groups -OCH3 is 1. The summed E-state index contributed by atoms with van der Waals surface area (Å²) in [4.78, 5) is 12.7. The Kier molecular flexibility index (Phi) is 6.05. The van der Waals surface area contributed by atoms with Gasteiger partial charge in [0.05, 0.1) is 18.1 Å². The maximum absolute atomic E-state index is 12.7. The number of aromatic nitrogens is 1. The van der Waals surface area contributed by atoms with E-state index in [-0.39, 0.29) is 19.2 Å². The molecule has 176 valence electrons. The molecule has 0 bridgehead atoms. The number of esters is 1. The molecule has 35 heavy (non-hydrogen) atoms. The number of pyridine rings is 1. The number of rotatable bonds is 4. The highest BCUT2D eigenvalue weighted by atomic mass is 35.5. The van der Waals surface area contributed by atoms with Gasteiger partial charge in [0.25, 0.3) is 0 Å². The molecule has 4 aromatic rings. The lowest BCUT2D eigenvalue weighted by Gasteiger charge is -2.17. The van der Waals surface area contributed by atoms with E-state index in [1.165, 1.54) is 11.6 Å². The van der Waals surface area contributed by atoms with Gasteiger partial charge in [-0.25, -0.2) is 4.79 Å². The number of benzene rings is 3. The first kappa shape index (κ1) is 22.7. The summed E-state index contributed by atoms with van der Waals surface area (Å²) in [5.41, 5.74) is 4.36. The van der Waals surface area contributed by atoms with Crippen molar-refractivity contribution in [2.45, 2.75) is 13.0 Å². The van der Waals surface area contributed by atoms with Gasteiger partial charge in [0.1, 0.15) is 0 Å². The maximum Gasteiger partial charge on any atom is 0.336 e. The zero-order valence-electron chi connectivity index (χ0n) is 19.0. The molecule has 0 saturated carbocycles. The Morgan fingerprint density at radius 2 is 1.83 bits per heavy atom. The molecule has 1 aromatic heterocycles. The fourth-order valence-corrected chi connectivity index (χ4v) is 4.53. The third-order valence-corrected chi connectivity index (χ3v) is 6.21. The van der Waals surface area contributed by atoms with E-state index in [1.54, 1.807) is 13.2 Å². The van der Waals surface area contributed by atoms with Gasteiger partial charge >= 0.3 is 5.97 Å². The number of aryl methyl sites for hydroxylation is 2. The van der Waals surface area contributed by atoms with E-state index < -0.39 is 5.97 Å². The van der Waals surface area contributed by atoms with E-state index in [4.69, 9.17) is 18.9 Å². The van der Waals surface area contributed by atoms with Crippen molar-refractivity contribution in [3.05, 3.63) is 84.1 Å². The molecule has 0 N–H and O–H groups in total. The lowest BCUT2D eigenvalue weighted by atomic mass is 9.95. The second kappa shape index (κ2) is 9.31. The molecule has 0 saturated heterocycles. The van der Waals surface area contributed by atoms with Crippen molar-refractivity contribution >= 4 is 22.8 Å². The van der Waals surface area contributed by atoms with Crippen molar-refractivity contribution in [3.63, 3.8) is 0 Å². The highest BCUT2D eigenvalue weighted by molar-refractivity contribution is 5.96. The van der Waals surface area contributed by atoms with Crippen molar-refractivity contribution in [2.75, 3.05) is 13.9 Å². The molecule has 0 atom stereocenters. The lowest BCUT2D eigenvalue weighted by Crippen LogP contribution is -3.00. The number of fused-ring (bicyclic) bond motifs is 5. The van der Waals surface area contributed by atoms with Crippen LogP contribution in [0.3, 0.4) is 0 Å². The predicted molar refractivity (Wildman–Crippen MR) is 127 cm³/mol. The van der Waals surface area contributed by atoms with Crippen LogP contribution in [-0.2, 0) is 17.8 Å². The summed E-state index contributed by atoms with van der Waals surface area (Å²) in [5, 5.41) is 1.76. The molecule has 6 rings (SSSR count). The number of ether oxygens (including phenoxy) is 4. The Bertz CT molecular complexity index is 1470. The first-order valence-corrected chi connectivity index (χ1v) is 11.1. The molecule has 2 aliphatic heterocycles. The summed E-state index contributed by atoms with van der Waals surface area (Å²) < 4.78 is 24.7. The van der Waals surface area contributed by atoms with Crippen LogP contribution >= 0.6 is 0 Å². The summed E-state index contributed by atoms with van der Waals surface area (Å²) in [7, 11) is 1.57. The molecule has 7 heteroatoms. The molecule has 0 fully saturated rings. The van der Waals surface area contributed by atoms with E-state index in [9.17, 15) is 4.79 Å². The molecule has 6 nitrogen and oxygen atoms in total. The minimum atomic E-state index is -0.463. The van der Waals surface area contributed by atoms with E-state index >= 15 is 0 Å². The van der Waals surface area contributed by atoms with E-state index in [1.807, 2.05) is 54.7 Å². The number of carbonyl (C=O) groups excluding carboxylic acids is 1. The van der Waals surface area contributed by atoms with Crippen LogP contribution < -0.4 is 35.9 Å². The largest absolute Gasteiger partial charge is 1.00 e. The van der Waals surface area contributed by atoms with Gasteiger partial charge in [-0.15, -0.1) is 0 Å². The van der Waals surface area contributed by atoms with Gasteiger partial charge < -0.3 is 31.4 Å². The minimum absolute atomic E-state index is 0. The first-order valence-electron chi connectivity index (χ1n) is 11.1. The van der Waals surface area contributed by atoms with Crippen LogP contribution in [0.2, 0.25) is 0 Å². The quantitative estimate of drug-likeness (QED) is 0.190. The number of hydrogen-bond donors (Lipinski definition) is 0. The fourth-order valence-electron chi connectivity index (χ4n) is 4.53. The molecule has 0 aliphatic carbocycles. The van der Waals surface area contributed by atoms with E-state index in [0.717, 1.165) is 52.1 Å². The van der Waals surface area contributed by atoms with Gasteiger partial charge in [-0.05, 0) is 46.9 Å². The Balaban J connectivity index is 0.00000253. The van der Waals surface area contributed by atoms with Crippen molar-refractivity contribution in [1.29, 1.82) is 0 Å². The fraction of sp³-hybridized carbons (Fsp3) is 0.143. The van der Waals surface area contributed by atoms with Crippen molar-refractivity contribution in [1.82, 2.24) is 0 Å². The van der Waals surface area contributed by atoms with Crippen molar-refractivity contribution in [2.24, 2.45) is 0 Å². The highest BCUT2D eigenvalue weighted by Gasteiger charge is 2.28. The molecule has 3 aromatic carbocycles. The van der Waals surface area contributed by atoms with Crippen LogP contribution in [0.25, 0.3) is 28.1 Å². The van der Waals surface area contributed by atoms with Crippen LogP contribution in [0.4, 0.5) is 0 Å². The van der Waals surface area contributed by atoms with Crippen molar-refractivity contribution < 1.29 is 40.7 Å². The third kappa shape index (κ3) is 4.17. The number of halogens is 1. The predicted octanol–water partition coefficient (Wildman–Crippen LogP) is 1.71. The molecule has 3 heterocycles. The molecule has 0 amide bonds. The maximum atomic E-state index is 12.7. The molecular weight excluding hydrogens is 466 g/mol. The Morgan fingerprint density at radius 3 is 2.63 bits per heavy atom. The van der Waals surface area contributed by atoms with Gasteiger partial charge in [-0.1, -0.05) is 30.3 Å². The summed E-state index contributed by atoms with van der Waals surface area (Å²) in [5.74, 6) is 2.02. The molecular formula is C28H22ClNO5. The van der Waals surface area contributed by atoms with Crippen LogP contribution in [0.1, 0.15) is 11.1 Å². The number of nitrogens with zero attached hydrogens (tertiary/aromatic N) is 1. The second-order valence-corrected chi connectivity index (χ2v) is 8.23. The topological polar surface area (TPSA) is 57.9 Å². The average molecular weight is 488 g/mol. The van der Waals surface area contributed by atoms with Gasteiger partial charge in [0, 0.05) is 18.6 Å². The second-order valence-electron chi connectivity index (χ2n) is 8.23. The Labute approximate surface area is 208 Å². The summed E-state index contributed by atoms with van der Waals surface area (Å²) >= 11 is 0. The zero-order chi connectivity index (χ0) is 23.1. The van der Waals surface area contributed by atoms with E-state index in [0.29, 0.717) is 11.5 Å². The SMILES string of the molecule is COc1ccc2cc3[n+](cc2c1OC(=O)/C=C/c1ccccc1)CCc1cc2c(cc1-3)OCO2.[Cl-]. The van der Waals surface area contributed by atoms with Crippen LogP contribution in [0, 0.1) is 0 Å². The van der Waals surface area contributed by atoms with Gasteiger partial charge in [-0.2, -0.15) is 4.57 Å². The van der Waals surface area contributed by atoms with Crippen LogP contribution in [0.15, 0.2) is 72.9 Å². The summed E-state index contributed by atoms with van der Waals surface area (Å²) in [6, 6.07) is 19.7. The molecule has 0 radical (unpaired) electrons. The van der Waals surface area contributed by atoms with Crippen LogP contribution in [-0.4, -0.2) is 19.9 Å². The average Bonchev–Trinajstić information content (AvgIpc) is 3.33.